The van der Waals surface area contributed by atoms with E-state index in [0.29, 0.717) is 28.6 Å². The van der Waals surface area contributed by atoms with E-state index in [0.717, 1.165) is 5.56 Å². The Morgan fingerprint density at radius 1 is 1.30 bits per heavy atom. The first kappa shape index (κ1) is 14.2. The molecule has 3 N–H and O–H groups in total. The normalized spacial score (nSPS) is 10.1. The van der Waals surface area contributed by atoms with Crippen molar-refractivity contribution in [2.24, 2.45) is 0 Å². The summed E-state index contributed by atoms with van der Waals surface area (Å²) in [6.07, 6.45) is 0. The first-order valence-corrected chi connectivity index (χ1v) is 6.44. The molecular weight excluding hydrogens is 276 g/mol. The summed E-state index contributed by atoms with van der Waals surface area (Å²) in [4.78, 5) is 12.2. The molecule has 0 aliphatic rings. The molecule has 0 spiro atoms. The van der Waals surface area contributed by atoms with Crippen LogP contribution in [-0.4, -0.2) is 13.0 Å². The average Bonchev–Trinajstić information content (AvgIpc) is 2.46. The Morgan fingerprint density at radius 2 is 2.05 bits per heavy atom. The fourth-order valence-corrected chi connectivity index (χ4v) is 2.02. The number of carbonyl (C=O) groups excluding carboxylic acids is 1. The maximum absolute atomic E-state index is 12.2. The van der Waals surface area contributed by atoms with Gasteiger partial charge in [0.2, 0.25) is 0 Å². The Kier molecular flexibility index (Phi) is 4.48. The summed E-state index contributed by atoms with van der Waals surface area (Å²) in [5.74, 6) is 0.227. The summed E-state index contributed by atoms with van der Waals surface area (Å²) in [6.45, 7) is 0.344. The number of nitrogens with two attached hydrogens (primary N) is 1. The number of rotatable bonds is 4. The van der Waals surface area contributed by atoms with Gasteiger partial charge in [0.25, 0.3) is 5.91 Å². The van der Waals surface area contributed by atoms with Crippen molar-refractivity contribution >= 4 is 23.2 Å². The topological polar surface area (TPSA) is 64.3 Å². The molecular formula is C15H15ClN2O2. The first-order chi connectivity index (χ1) is 9.61. The third kappa shape index (κ3) is 3.22. The molecule has 5 heteroatoms. The number of nitrogens with one attached hydrogen (secondary N) is 1. The maximum Gasteiger partial charge on any atom is 0.255 e. The van der Waals surface area contributed by atoms with E-state index in [1.54, 1.807) is 24.3 Å². The van der Waals surface area contributed by atoms with Crippen molar-refractivity contribution in [1.29, 1.82) is 0 Å². The van der Waals surface area contributed by atoms with Crippen LogP contribution in [0.1, 0.15) is 15.9 Å². The number of halogens is 1. The number of nitrogen functional groups attached to an aromatic ring is 1. The monoisotopic (exact) mass is 290 g/mol. The van der Waals surface area contributed by atoms with Crippen LogP contribution in [0, 0.1) is 0 Å². The summed E-state index contributed by atoms with van der Waals surface area (Å²) < 4.78 is 5.15. The molecule has 0 aliphatic heterocycles. The van der Waals surface area contributed by atoms with Gasteiger partial charge in [-0.2, -0.15) is 0 Å². The van der Waals surface area contributed by atoms with Crippen LogP contribution in [0.5, 0.6) is 5.75 Å². The van der Waals surface area contributed by atoms with E-state index in [4.69, 9.17) is 22.1 Å². The maximum atomic E-state index is 12.2. The molecule has 2 rings (SSSR count). The number of anilines is 1. The third-order valence-electron chi connectivity index (χ3n) is 2.87. The van der Waals surface area contributed by atoms with Crippen LogP contribution in [0.2, 0.25) is 5.02 Å². The predicted molar refractivity (Wildman–Crippen MR) is 80.0 cm³/mol. The molecule has 20 heavy (non-hydrogen) atoms. The van der Waals surface area contributed by atoms with Gasteiger partial charge in [-0.1, -0.05) is 29.8 Å². The summed E-state index contributed by atoms with van der Waals surface area (Å²) in [6, 6.07) is 12.3. The minimum absolute atomic E-state index is 0.255. The van der Waals surface area contributed by atoms with E-state index in [9.17, 15) is 4.79 Å². The van der Waals surface area contributed by atoms with E-state index in [-0.39, 0.29) is 5.91 Å². The van der Waals surface area contributed by atoms with Crippen molar-refractivity contribution < 1.29 is 9.53 Å². The number of benzene rings is 2. The molecule has 0 heterocycles. The zero-order valence-electron chi connectivity index (χ0n) is 11.0. The van der Waals surface area contributed by atoms with Crippen LogP contribution in [0.15, 0.2) is 42.5 Å². The summed E-state index contributed by atoms with van der Waals surface area (Å²) >= 11 is 6.04. The lowest BCUT2D eigenvalue weighted by Crippen LogP contribution is -2.23. The van der Waals surface area contributed by atoms with Gasteiger partial charge in [0.1, 0.15) is 5.75 Å². The molecule has 0 saturated carbocycles. The Morgan fingerprint density at radius 3 is 2.75 bits per heavy atom. The van der Waals surface area contributed by atoms with Gasteiger partial charge in [0.15, 0.2) is 0 Å². The van der Waals surface area contributed by atoms with Crippen LogP contribution in [-0.2, 0) is 6.54 Å². The SMILES string of the molecule is COc1ccc(N)cc1C(=O)NCc1ccccc1Cl. The second kappa shape index (κ2) is 6.30. The van der Waals surface area contributed by atoms with E-state index >= 15 is 0 Å². The molecule has 0 radical (unpaired) electrons. The van der Waals surface area contributed by atoms with Crippen LogP contribution in [0.4, 0.5) is 5.69 Å². The third-order valence-corrected chi connectivity index (χ3v) is 3.23. The summed E-state index contributed by atoms with van der Waals surface area (Å²) in [5.41, 5.74) is 7.46. The summed E-state index contributed by atoms with van der Waals surface area (Å²) in [5, 5.41) is 3.42. The number of ether oxygens (including phenoxy) is 1. The van der Waals surface area contributed by atoms with E-state index in [2.05, 4.69) is 5.32 Å². The predicted octanol–water partition coefficient (Wildman–Crippen LogP) is 2.86. The second-order valence-electron chi connectivity index (χ2n) is 4.23. The van der Waals surface area contributed by atoms with Crippen molar-refractivity contribution in [3.05, 3.63) is 58.6 Å². The molecule has 0 saturated heterocycles. The number of hydrogen-bond acceptors (Lipinski definition) is 3. The number of amides is 1. The lowest BCUT2D eigenvalue weighted by Gasteiger charge is -2.10. The highest BCUT2D eigenvalue weighted by Crippen LogP contribution is 2.21. The van der Waals surface area contributed by atoms with E-state index < -0.39 is 0 Å². The van der Waals surface area contributed by atoms with Crippen molar-refractivity contribution in [3.8, 4) is 5.75 Å². The number of hydrogen-bond donors (Lipinski definition) is 2. The Balaban J connectivity index is 2.13. The highest BCUT2D eigenvalue weighted by atomic mass is 35.5. The van der Waals surface area contributed by atoms with Gasteiger partial charge < -0.3 is 15.8 Å². The van der Waals surface area contributed by atoms with Gasteiger partial charge in [-0.3, -0.25) is 4.79 Å². The molecule has 0 aliphatic carbocycles. The quantitative estimate of drug-likeness (QED) is 0.851. The smallest absolute Gasteiger partial charge is 0.255 e. The Labute approximate surface area is 122 Å². The van der Waals surface area contributed by atoms with Crippen molar-refractivity contribution in [1.82, 2.24) is 5.32 Å². The average molecular weight is 291 g/mol. The fourth-order valence-electron chi connectivity index (χ4n) is 1.82. The molecule has 0 bridgehead atoms. The Hall–Kier alpha value is -2.20. The van der Waals surface area contributed by atoms with Gasteiger partial charge in [0.05, 0.1) is 12.7 Å². The standard InChI is InChI=1S/C15H15ClN2O2/c1-20-14-7-6-11(17)8-12(14)15(19)18-9-10-4-2-3-5-13(10)16/h2-8H,9,17H2,1H3,(H,18,19). The molecule has 0 aromatic heterocycles. The lowest BCUT2D eigenvalue weighted by atomic mass is 10.1. The van der Waals surface area contributed by atoms with Gasteiger partial charge in [0, 0.05) is 17.3 Å². The number of methoxy groups -OCH3 is 1. The van der Waals surface area contributed by atoms with Crippen LogP contribution >= 0.6 is 11.6 Å². The zero-order chi connectivity index (χ0) is 14.5. The van der Waals surface area contributed by atoms with Crippen LogP contribution in [0.3, 0.4) is 0 Å². The molecule has 104 valence electrons. The molecule has 2 aromatic rings. The minimum atomic E-state index is -0.255. The second-order valence-corrected chi connectivity index (χ2v) is 4.64. The van der Waals surface area contributed by atoms with Crippen molar-refractivity contribution in [2.45, 2.75) is 6.54 Å². The van der Waals surface area contributed by atoms with Crippen molar-refractivity contribution in [2.75, 3.05) is 12.8 Å². The molecule has 0 atom stereocenters. The Bertz CT molecular complexity index is 629. The highest BCUT2D eigenvalue weighted by Gasteiger charge is 2.12. The van der Waals surface area contributed by atoms with Gasteiger partial charge in [-0.25, -0.2) is 0 Å². The lowest BCUT2D eigenvalue weighted by molar-refractivity contribution is 0.0948. The van der Waals surface area contributed by atoms with Crippen LogP contribution < -0.4 is 15.8 Å². The molecule has 1 amide bonds. The highest BCUT2D eigenvalue weighted by molar-refractivity contribution is 6.31. The van der Waals surface area contributed by atoms with Gasteiger partial charge in [-0.05, 0) is 29.8 Å². The van der Waals surface area contributed by atoms with Gasteiger partial charge in [-0.15, -0.1) is 0 Å². The molecule has 0 fully saturated rings. The van der Waals surface area contributed by atoms with E-state index in [1.807, 2.05) is 18.2 Å². The zero-order valence-corrected chi connectivity index (χ0v) is 11.8. The molecule has 2 aromatic carbocycles. The minimum Gasteiger partial charge on any atom is -0.496 e. The van der Waals surface area contributed by atoms with E-state index in [1.165, 1.54) is 7.11 Å². The molecule has 0 unspecified atom stereocenters. The van der Waals surface area contributed by atoms with Crippen LogP contribution in [0.25, 0.3) is 0 Å². The number of carbonyl (C=O) groups is 1. The fraction of sp³-hybridized carbons (Fsp3) is 0.133. The summed E-state index contributed by atoms with van der Waals surface area (Å²) in [7, 11) is 1.51. The van der Waals surface area contributed by atoms with Gasteiger partial charge >= 0.3 is 0 Å². The first-order valence-electron chi connectivity index (χ1n) is 6.07. The largest absolute Gasteiger partial charge is 0.496 e. The van der Waals surface area contributed by atoms with Crippen molar-refractivity contribution in [3.63, 3.8) is 0 Å². The molecule has 4 nitrogen and oxygen atoms in total.